The van der Waals surface area contributed by atoms with Gasteiger partial charge in [0.25, 0.3) is 0 Å². The van der Waals surface area contributed by atoms with Gasteiger partial charge in [0.2, 0.25) is 0 Å². The standard InChI is InChI=1S/C7H14NO/c1-4-6-8(5-2)7(3)9/h6H,4-5H2,1-3H3/q+1/i1+1,2+1,5+1,8+1. The Morgan fingerprint density at radius 2 is 2.11 bits per heavy atom. The van der Waals surface area contributed by atoms with Crippen LogP contribution >= 0.6 is 0 Å². The number of nitrogens with zero attached hydrogens (tertiary/aromatic N) is 1. The molecule has 0 rings (SSSR count). The van der Waals surface area contributed by atoms with Gasteiger partial charge in [0, 0.05) is 6.42 Å². The number of hydrogen-bond donors (Lipinski definition) is 0. The molecule has 0 fully saturated rings. The minimum absolute atomic E-state index is 0.124. The van der Waals surface area contributed by atoms with Gasteiger partial charge in [-0.05, 0) is 6.92 Å². The van der Waals surface area contributed by atoms with Crippen molar-refractivity contribution in [2.24, 2.45) is 0 Å². The molecule has 0 saturated heterocycles. The number of carbonyl (C=O) groups excluding carboxylic acids is 1. The summed E-state index contributed by atoms with van der Waals surface area (Å²) < 4.78 is 1.71. The monoisotopic (exact) mass is 132 g/mol. The van der Waals surface area contributed by atoms with Gasteiger partial charge in [-0.2, -0.15) is 4.58 Å². The van der Waals surface area contributed by atoms with Crippen LogP contribution in [0.25, 0.3) is 0 Å². The first-order chi connectivity index (χ1) is 4.22. The smallest absolute Gasteiger partial charge is 0.220 e. The second kappa shape index (κ2) is 4.24. The summed E-state index contributed by atoms with van der Waals surface area (Å²) in [7, 11) is 0. The van der Waals surface area contributed by atoms with E-state index in [0.29, 0.717) is 0 Å². The highest BCUT2D eigenvalue weighted by molar-refractivity contribution is 5.69. The highest BCUT2D eigenvalue weighted by Crippen LogP contribution is 1.76. The molecule has 0 aromatic carbocycles. The molecule has 0 aromatic heterocycles. The van der Waals surface area contributed by atoms with Crippen LogP contribution in [0, 0.1) is 0 Å². The zero-order valence-corrected chi connectivity index (χ0v) is 6.35. The summed E-state index contributed by atoms with van der Waals surface area (Å²) in [6, 6.07) is 0. The molecular formula is C7H14NO+. The quantitative estimate of drug-likeness (QED) is 0.238. The molecule has 2 heteroatoms. The van der Waals surface area contributed by atoms with Crippen molar-refractivity contribution in [3.63, 3.8) is 0 Å². The van der Waals surface area contributed by atoms with Crippen molar-refractivity contribution in [2.45, 2.75) is 27.2 Å². The third-order valence-corrected chi connectivity index (χ3v) is 1.15. The minimum atomic E-state index is 0.124. The van der Waals surface area contributed by atoms with Gasteiger partial charge >= 0.3 is 5.91 Å². The molecule has 0 atom stereocenters. The summed E-state index contributed by atoms with van der Waals surface area (Å²) >= 11 is 0. The van der Waals surface area contributed by atoms with Crippen LogP contribution in [-0.4, -0.2) is 23.2 Å². The Morgan fingerprint density at radius 3 is 2.22 bits per heavy atom. The molecule has 0 heterocycles. The molecule has 0 N–H and O–H groups in total. The van der Waals surface area contributed by atoms with Gasteiger partial charge in [-0.3, -0.25) is 0 Å². The average molecular weight is 132 g/mol. The molecular weight excluding hydrogens is 118 g/mol. The van der Waals surface area contributed by atoms with Crippen molar-refractivity contribution >= 4 is 12.1 Å². The minimum Gasteiger partial charge on any atom is -0.220 e. The zero-order chi connectivity index (χ0) is 7.28. The second-order valence-corrected chi connectivity index (χ2v) is 1.90. The van der Waals surface area contributed by atoms with E-state index in [1.165, 1.54) is 0 Å². The van der Waals surface area contributed by atoms with Crippen LogP contribution in [0.4, 0.5) is 0 Å². The number of carbonyl (C=O) groups is 1. The molecule has 0 radical (unpaired) electrons. The Hall–Kier alpha value is -0.660. The zero-order valence-electron chi connectivity index (χ0n) is 6.35. The Kier molecular flexibility index (Phi) is 3.93. The van der Waals surface area contributed by atoms with Gasteiger partial charge in [0.1, 0.15) is 12.8 Å². The van der Waals surface area contributed by atoms with E-state index in [1.54, 1.807) is 11.5 Å². The molecule has 0 aliphatic rings. The van der Waals surface area contributed by atoms with E-state index in [9.17, 15) is 4.79 Å². The molecule has 0 saturated carbocycles. The second-order valence-electron chi connectivity index (χ2n) is 1.90. The van der Waals surface area contributed by atoms with E-state index in [4.69, 9.17) is 0 Å². The first-order valence-corrected chi connectivity index (χ1v) is 3.32. The predicted octanol–water partition coefficient (Wildman–Crippen LogP) is 1.05. The molecule has 0 unspecified atom stereocenters. The maximum atomic E-state index is 10.7. The summed E-state index contributed by atoms with van der Waals surface area (Å²) in [6.45, 7) is 6.35. The topological polar surface area (TPSA) is 20.1 Å². The van der Waals surface area contributed by atoms with Gasteiger partial charge < -0.3 is 0 Å². The van der Waals surface area contributed by atoms with Crippen LogP contribution in [0.2, 0.25) is 0 Å². The molecule has 9 heavy (non-hydrogen) atoms. The van der Waals surface area contributed by atoms with Crippen LogP contribution in [0.15, 0.2) is 0 Å². The van der Waals surface area contributed by atoms with E-state index < -0.39 is 0 Å². The lowest BCUT2D eigenvalue weighted by molar-refractivity contribution is -0.440. The average Bonchev–Trinajstić information content (AvgIpc) is 1.82. The molecule has 1 amide bonds. The highest BCUT2D eigenvalue weighted by atomic mass is 16.2. The predicted molar refractivity (Wildman–Crippen MR) is 37.8 cm³/mol. The van der Waals surface area contributed by atoms with Crippen molar-refractivity contribution in [2.75, 3.05) is 6.54 Å². The maximum Gasteiger partial charge on any atom is 0.383 e. The van der Waals surface area contributed by atoms with Crippen molar-refractivity contribution in [3.8, 4) is 0 Å². The molecule has 0 aliphatic carbocycles. The third-order valence-electron chi connectivity index (χ3n) is 1.15. The summed E-state index contributed by atoms with van der Waals surface area (Å²) in [5.74, 6) is 0.124. The van der Waals surface area contributed by atoms with E-state index >= 15 is 0 Å². The molecule has 0 aromatic rings. The first-order valence-electron chi connectivity index (χ1n) is 3.32. The fourth-order valence-corrected chi connectivity index (χ4v) is 0.701. The van der Waals surface area contributed by atoms with Crippen LogP contribution in [0.1, 0.15) is 27.2 Å². The fourth-order valence-electron chi connectivity index (χ4n) is 0.701. The van der Waals surface area contributed by atoms with Crippen molar-refractivity contribution in [1.29, 1.82) is 0 Å². The number of hydrogen-bond acceptors (Lipinski definition) is 1. The van der Waals surface area contributed by atoms with Crippen LogP contribution in [0.5, 0.6) is 0 Å². The Bertz CT molecular complexity index is 127. The van der Waals surface area contributed by atoms with Gasteiger partial charge in [-0.15, -0.1) is 0 Å². The lowest BCUT2D eigenvalue weighted by Crippen LogP contribution is -2.17. The van der Waals surface area contributed by atoms with Crippen LogP contribution in [0.3, 0.4) is 0 Å². The van der Waals surface area contributed by atoms with Crippen molar-refractivity contribution in [3.05, 3.63) is 0 Å². The van der Waals surface area contributed by atoms with Crippen molar-refractivity contribution < 1.29 is 9.37 Å². The van der Waals surface area contributed by atoms with E-state index in [-0.39, 0.29) is 5.91 Å². The lowest BCUT2D eigenvalue weighted by atomic mass is 10.7. The van der Waals surface area contributed by atoms with Crippen LogP contribution < -0.4 is 0 Å². The molecule has 52 valence electrons. The van der Waals surface area contributed by atoms with Gasteiger partial charge in [0.15, 0.2) is 0 Å². The van der Waals surface area contributed by atoms with E-state index in [1.807, 2.05) is 20.1 Å². The Labute approximate surface area is 56.2 Å². The van der Waals surface area contributed by atoms with E-state index in [2.05, 4.69) is 0 Å². The molecule has 0 aliphatic heterocycles. The first kappa shape index (κ1) is 8.34. The molecule has 2 nitrogen and oxygen atoms in total. The summed E-state index contributed by atoms with van der Waals surface area (Å²) in [5, 5.41) is 0. The van der Waals surface area contributed by atoms with E-state index in [0.717, 1.165) is 13.0 Å². The maximum absolute atomic E-state index is 10.7. The third kappa shape index (κ3) is 3.01. The van der Waals surface area contributed by atoms with Crippen LogP contribution in [-0.2, 0) is 4.79 Å². The van der Waals surface area contributed by atoms with Gasteiger partial charge in [0.05, 0.1) is 6.92 Å². The Morgan fingerprint density at radius 1 is 1.56 bits per heavy atom. The fraction of sp³-hybridized carbons (Fsp3) is 0.714. The number of amides is 1. The molecule has 0 spiro atoms. The number of rotatable bonds is 2. The largest absolute Gasteiger partial charge is 0.383 e. The summed E-state index contributed by atoms with van der Waals surface area (Å²) in [6.07, 6.45) is 2.83. The normalized spacial score (nSPS) is 11.7. The van der Waals surface area contributed by atoms with Gasteiger partial charge in [-0.1, -0.05) is 6.92 Å². The van der Waals surface area contributed by atoms with Crippen molar-refractivity contribution in [1.82, 2.24) is 0 Å². The highest BCUT2D eigenvalue weighted by Gasteiger charge is 2.04. The summed E-state index contributed by atoms with van der Waals surface area (Å²) in [5.41, 5.74) is 0. The lowest BCUT2D eigenvalue weighted by Gasteiger charge is -1.89. The van der Waals surface area contributed by atoms with Gasteiger partial charge in [-0.25, -0.2) is 4.79 Å². The SMILES string of the molecule is CC(=O)[15N+](=CC[13CH3])[13CH2][13CH3]. The Balaban J connectivity index is 3.98. The molecule has 0 bridgehead atoms. The summed E-state index contributed by atoms with van der Waals surface area (Å²) in [4.78, 5) is 10.7.